The molecule has 0 atom stereocenters. The molecule has 6 nitrogen and oxygen atoms in total. The van der Waals surface area contributed by atoms with Gasteiger partial charge in [0.05, 0.1) is 23.3 Å². The van der Waals surface area contributed by atoms with Crippen molar-refractivity contribution in [1.82, 2.24) is 0 Å². The molecule has 0 aliphatic heterocycles. The number of benzene rings is 3. The van der Waals surface area contributed by atoms with Gasteiger partial charge in [-0.25, -0.2) is 0 Å². The molecule has 0 bridgehead atoms. The highest BCUT2D eigenvalue weighted by atomic mass is 19.4. The van der Waals surface area contributed by atoms with Crippen molar-refractivity contribution in [3.8, 4) is 5.75 Å². The molecule has 0 aromatic heterocycles. The highest BCUT2D eigenvalue weighted by Crippen LogP contribution is 2.35. The van der Waals surface area contributed by atoms with Crippen LogP contribution in [0, 0.1) is 10.1 Å². The van der Waals surface area contributed by atoms with Gasteiger partial charge in [-0.1, -0.05) is 18.2 Å². The largest absolute Gasteiger partial charge is 0.497 e. The number of methoxy groups -OCH3 is 1. The molecule has 0 aliphatic carbocycles. The molecule has 9 heteroatoms. The summed E-state index contributed by atoms with van der Waals surface area (Å²) in [6.45, 7) is 1.69. The number of nitro groups is 1. The number of anilines is 1. The zero-order valence-corrected chi connectivity index (χ0v) is 15.4. The topological polar surface area (TPSA) is 76.8 Å². The van der Waals surface area contributed by atoms with E-state index in [4.69, 9.17) is 4.74 Å². The zero-order valence-electron chi connectivity index (χ0n) is 15.4. The van der Waals surface area contributed by atoms with Crippen LogP contribution in [0.2, 0.25) is 0 Å². The van der Waals surface area contributed by atoms with Gasteiger partial charge in [0.15, 0.2) is 0 Å². The predicted octanol–water partition coefficient (Wildman–Crippen LogP) is 5.61. The smallest absolute Gasteiger partial charge is 0.416 e. The van der Waals surface area contributed by atoms with Crippen molar-refractivity contribution in [2.24, 2.45) is 5.10 Å². The average molecular weight is 403 g/mol. The Hall–Kier alpha value is -3.62. The Morgan fingerprint density at radius 1 is 1.07 bits per heavy atom. The highest BCUT2D eigenvalue weighted by Gasteiger charge is 2.33. The minimum atomic E-state index is -4.67. The number of ether oxygens (including phenoxy) is 1. The first-order chi connectivity index (χ1) is 13.7. The van der Waals surface area contributed by atoms with E-state index < -0.39 is 22.4 Å². The molecule has 1 N–H and O–H groups in total. The molecular weight excluding hydrogens is 387 g/mol. The minimum absolute atomic E-state index is 0.132. The lowest BCUT2D eigenvalue weighted by Gasteiger charge is -2.09. The SMILES string of the molecule is COc1ccc2cc(C(C)=NNc3ccc(C(F)(F)F)cc3[N+](=O)[O-])ccc2c1. The van der Waals surface area contributed by atoms with Crippen molar-refractivity contribution in [3.05, 3.63) is 75.8 Å². The summed E-state index contributed by atoms with van der Waals surface area (Å²) in [7, 11) is 1.58. The molecule has 0 radical (unpaired) electrons. The Morgan fingerprint density at radius 2 is 1.76 bits per heavy atom. The van der Waals surface area contributed by atoms with Crippen molar-refractivity contribution < 1.29 is 22.8 Å². The van der Waals surface area contributed by atoms with Gasteiger partial charge >= 0.3 is 6.18 Å². The van der Waals surface area contributed by atoms with E-state index in [1.165, 1.54) is 0 Å². The number of nitrogens with one attached hydrogen (secondary N) is 1. The van der Waals surface area contributed by atoms with Gasteiger partial charge in [0.25, 0.3) is 5.69 Å². The summed E-state index contributed by atoms with van der Waals surface area (Å²) in [5, 5.41) is 17.2. The van der Waals surface area contributed by atoms with Gasteiger partial charge in [-0.2, -0.15) is 18.3 Å². The van der Waals surface area contributed by atoms with Crippen LogP contribution in [0.5, 0.6) is 5.75 Å². The molecule has 0 heterocycles. The van der Waals surface area contributed by atoms with Crippen LogP contribution in [0.15, 0.2) is 59.7 Å². The van der Waals surface area contributed by atoms with Crippen LogP contribution in [0.4, 0.5) is 24.5 Å². The number of nitro benzene ring substituents is 1. The third-order valence-corrected chi connectivity index (χ3v) is 4.33. The van der Waals surface area contributed by atoms with Crippen LogP contribution < -0.4 is 10.2 Å². The maximum absolute atomic E-state index is 12.8. The van der Waals surface area contributed by atoms with Gasteiger partial charge in [-0.05, 0) is 53.6 Å². The summed E-state index contributed by atoms with van der Waals surface area (Å²) in [6.07, 6.45) is -4.67. The summed E-state index contributed by atoms with van der Waals surface area (Å²) in [5.41, 5.74) is 1.83. The second kappa shape index (κ2) is 7.78. The van der Waals surface area contributed by atoms with Crippen LogP contribution in [-0.2, 0) is 6.18 Å². The lowest BCUT2D eigenvalue weighted by Crippen LogP contribution is -2.07. The normalized spacial score (nSPS) is 12.1. The minimum Gasteiger partial charge on any atom is -0.497 e. The number of fused-ring (bicyclic) bond motifs is 1. The van der Waals surface area contributed by atoms with E-state index in [2.05, 4.69) is 10.5 Å². The first-order valence-electron chi connectivity index (χ1n) is 8.43. The summed E-state index contributed by atoms with van der Waals surface area (Å²) in [5.74, 6) is 0.729. The number of hydrazone groups is 1. The summed E-state index contributed by atoms with van der Waals surface area (Å²) < 4.78 is 43.6. The summed E-state index contributed by atoms with van der Waals surface area (Å²) >= 11 is 0. The van der Waals surface area contributed by atoms with Gasteiger partial charge in [0.2, 0.25) is 0 Å². The van der Waals surface area contributed by atoms with E-state index >= 15 is 0 Å². The number of hydrogen-bond donors (Lipinski definition) is 1. The van der Waals surface area contributed by atoms with Gasteiger partial charge in [0.1, 0.15) is 11.4 Å². The Labute approximate surface area is 163 Å². The molecule has 3 aromatic carbocycles. The number of alkyl halides is 3. The van der Waals surface area contributed by atoms with Crippen molar-refractivity contribution in [3.63, 3.8) is 0 Å². The molecule has 3 aromatic rings. The standard InChI is InChI=1S/C20H16F3N3O3/c1-12(13-3-4-15-10-17(29-2)7-5-14(15)9-13)24-25-18-8-6-16(20(21,22)23)11-19(18)26(27)28/h3-11,25H,1-2H3. The second-order valence-corrected chi connectivity index (χ2v) is 6.22. The first-order valence-corrected chi connectivity index (χ1v) is 8.43. The summed E-state index contributed by atoms with van der Waals surface area (Å²) in [6, 6.07) is 13.4. The predicted molar refractivity (Wildman–Crippen MR) is 104 cm³/mol. The van der Waals surface area contributed by atoms with Gasteiger partial charge < -0.3 is 4.74 Å². The third-order valence-electron chi connectivity index (χ3n) is 4.33. The van der Waals surface area contributed by atoms with Crippen LogP contribution in [-0.4, -0.2) is 17.7 Å². The maximum Gasteiger partial charge on any atom is 0.416 e. The quantitative estimate of drug-likeness (QED) is 0.341. The van der Waals surface area contributed by atoms with E-state index in [1.807, 2.05) is 36.4 Å². The molecule has 0 saturated carbocycles. The third kappa shape index (κ3) is 4.45. The molecule has 29 heavy (non-hydrogen) atoms. The highest BCUT2D eigenvalue weighted by molar-refractivity contribution is 6.02. The maximum atomic E-state index is 12.8. The Bertz CT molecular complexity index is 1110. The number of halogens is 3. The van der Waals surface area contributed by atoms with Crippen molar-refractivity contribution in [1.29, 1.82) is 0 Å². The van der Waals surface area contributed by atoms with E-state index in [0.717, 1.165) is 34.2 Å². The van der Waals surface area contributed by atoms with Crippen LogP contribution in [0.1, 0.15) is 18.1 Å². The van der Waals surface area contributed by atoms with Crippen LogP contribution in [0.25, 0.3) is 10.8 Å². The molecule has 0 aliphatic rings. The molecular formula is C20H16F3N3O3. The molecule has 0 spiro atoms. The van der Waals surface area contributed by atoms with Crippen LogP contribution >= 0.6 is 0 Å². The van der Waals surface area contributed by atoms with E-state index in [-0.39, 0.29) is 5.69 Å². The lowest BCUT2D eigenvalue weighted by molar-refractivity contribution is -0.384. The molecule has 3 rings (SSSR count). The Balaban J connectivity index is 1.89. The van der Waals surface area contributed by atoms with E-state index in [1.54, 1.807) is 14.0 Å². The van der Waals surface area contributed by atoms with Gasteiger partial charge in [-0.15, -0.1) is 0 Å². The fraction of sp³-hybridized carbons (Fsp3) is 0.150. The fourth-order valence-electron chi connectivity index (χ4n) is 2.74. The lowest BCUT2D eigenvalue weighted by atomic mass is 10.0. The fourth-order valence-corrected chi connectivity index (χ4v) is 2.74. The number of rotatable bonds is 5. The summed E-state index contributed by atoms with van der Waals surface area (Å²) in [4.78, 5) is 10.3. The average Bonchev–Trinajstić information content (AvgIpc) is 2.70. The molecule has 0 amide bonds. The van der Waals surface area contributed by atoms with Gasteiger partial charge in [-0.3, -0.25) is 15.5 Å². The molecule has 0 saturated heterocycles. The molecule has 150 valence electrons. The van der Waals surface area contributed by atoms with E-state index in [9.17, 15) is 23.3 Å². The van der Waals surface area contributed by atoms with Crippen molar-refractivity contribution in [2.75, 3.05) is 12.5 Å². The van der Waals surface area contributed by atoms with Crippen LogP contribution in [0.3, 0.4) is 0 Å². The number of nitrogens with zero attached hydrogens (tertiary/aromatic N) is 2. The second-order valence-electron chi connectivity index (χ2n) is 6.22. The van der Waals surface area contributed by atoms with Crippen molar-refractivity contribution >= 4 is 27.9 Å². The van der Waals surface area contributed by atoms with Gasteiger partial charge in [0, 0.05) is 6.07 Å². The van der Waals surface area contributed by atoms with Crippen molar-refractivity contribution in [2.45, 2.75) is 13.1 Å². The Kier molecular flexibility index (Phi) is 5.40. The van der Waals surface area contributed by atoms with E-state index in [0.29, 0.717) is 11.8 Å². The molecule has 0 unspecified atom stereocenters. The Morgan fingerprint density at radius 3 is 2.41 bits per heavy atom. The first kappa shape index (κ1) is 20.1. The zero-order chi connectivity index (χ0) is 21.2. The number of hydrogen-bond acceptors (Lipinski definition) is 5. The molecule has 0 fully saturated rings. The monoisotopic (exact) mass is 403 g/mol.